The monoisotopic (exact) mass is 283 g/mol. The van der Waals surface area contributed by atoms with Gasteiger partial charge in [-0.15, -0.1) is 21.5 Å². The van der Waals surface area contributed by atoms with Crippen LogP contribution >= 0.6 is 11.3 Å². The molecular formula is C15H29N3S. The Labute approximate surface area is 122 Å². The second kappa shape index (κ2) is 11.4. The lowest BCUT2D eigenvalue weighted by molar-refractivity contribution is 0.628. The molecule has 0 unspecified atom stereocenters. The van der Waals surface area contributed by atoms with Gasteiger partial charge < -0.3 is 5.32 Å². The van der Waals surface area contributed by atoms with Gasteiger partial charge in [0.05, 0.1) is 0 Å². The quantitative estimate of drug-likeness (QED) is 0.590. The zero-order chi connectivity index (χ0) is 13.8. The first kappa shape index (κ1) is 16.6. The van der Waals surface area contributed by atoms with E-state index in [2.05, 4.69) is 29.4 Å². The van der Waals surface area contributed by atoms with Gasteiger partial charge in [-0.3, -0.25) is 0 Å². The van der Waals surface area contributed by atoms with E-state index in [-0.39, 0.29) is 0 Å². The Morgan fingerprint density at radius 3 is 2.16 bits per heavy atom. The molecule has 0 aliphatic carbocycles. The number of hydrogen-bond donors (Lipinski definition) is 1. The maximum Gasteiger partial charge on any atom is 0.117 e. The molecule has 0 saturated carbocycles. The lowest BCUT2D eigenvalue weighted by Crippen LogP contribution is -2.16. The molecule has 1 heterocycles. The van der Waals surface area contributed by atoms with Crippen LogP contribution in [0.25, 0.3) is 0 Å². The minimum absolute atomic E-state index is 1.07. The number of aryl methyl sites for hydroxylation is 2. The van der Waals surface area contributed by atoms with E-state index in [1.54, 1.807) is 0 Å². The molecule has 19 heavy (non-hydrogen) atoms. The highest BCUT2D eigenvalue weighted by Crippen LogP contribution is 2.15. The van der Waals surface area contributed by atoms with E-state index in [1.807, 2.05) is 11.3 Å². The third-order valence-corrected chi connectivity index (χ3v) is 4.22. The van der Waals surface area contributed by atoms with Crippen molar-refractivity contribution in [2.45, 2.75) is 71.6 Å². The summed E-state index contributed by atoms with van der Waals surface area (Å²) in [6, 6.07) is 0. The average Bonchev–Trinajstić information content (AvgIpc) is 2.86. The Kier molecular flexibility index (Phi) is 9.91. The van der Waals surface area contributed by atoms with Gasteiger partial charge in [0.25, 0.3) is 0 Å². The Bertz CT molecular complexity index is 284. The van der Waals surface area contributed by atoms with Gasteiger partial charge >= 0.3 is 0 Å². The molecule has 0 amide bonds. The summed E-state index contributed by atoms with van der Waals surface area (Å²) < 4.78 is 0. The van der Waals surface area contributed by atoms with Crippen LogP contribution in [0, 0.1) is 0 Å². The van der Waals surface area contributed by atoms with Gasteiger partial charge in [-0.25, -0.2) is 0 Å². The molecule has 1 N–H and O–H groups in total. The highest BCUT2D eigenvalue weighted by Gasteiger charge is 2.03. The smallest absolute Gasteiger partial charge is 0.117 e. The van der Waals surface area contributed by atoms with Crippen molar-refractivity contribution in [2.75, 3.05) is 13.1 Å². The van der Waals surface area contributed by atoms with Crippen LogP contribution in [0.15, 0.2) is 0 Å². The van der Waals surface area contributed by atoms with Crippen LogP contribution in [-0.2, 0) is 12.8 Å². The van der Waals surface area contributed by atoms with E-state index >= 15 is 0 Å². The highest BCUT2D eigenvalue weighted by molar-refractivity contribution is 7.11. The Morgan fingerprint density at radius 1 is 0.789 bits per heavy atom. The topological polar surface area (TPSA) is 37.8 Å². The van der Waals surface area contributed by atoms with Crippen molar-refractivity contribution in [3.63, 3.8) is 0 Å². The van der Waals surface area contributed by atoms with Crippen molar-refractivity contribution in [3.05, 3.63) is 10.0 Å². The zero-order valence-corrected chi connectivity index (χ0v) is 13.4. The van der Waals surface area contributed by atoms with Crippen LogP contribution in [0.4, 0.5) is 0 Å². The van der Waals surface area contributed by atoms with Gasteiger partial charge in [-0.1, -0.05) is 39.5 Å². The molecule has 1 rings (SSSR count). The van der Waals surface area contributed by atoms with E-state index in [0.29, 0.717) is 0 Å². The summed E-state index contributed by atoms with van der Waals surface area (Å²) in [5, 5.41) is 14.4. The predicted octanol–water partition coefficient (Wildman–Crippen LogP) is 3.98. The van der Waals surface area contributed by atoms with Crippen LogP contribution < -0.4 is 5.32 Å². The molecule has 0 aliphatic rings. The molecule has 4 heteroatoms. The zero-order valence-electron chi connectivity index (χ0n) is 12.6. The summed E-state index contributed by atoms with van der Waals surface area (Å²) in [5.41, 5.74) is 0. The molecule has 0 atom stereocenters. The number of nitrogens with zero attached hydrogens (tertiary/aromatic N) is 2. The maximum absolute atomic E-state index is 4.30. The minimum atomic E-state index is 1.07. The third kappa shape index (κ3) is 8.32. The molecule has 0 aromatic carbocycles. The summed E-state index contributed by atoms with van der Waals surface area (Å²) in [6.07, 6.45) is 11.2. The molecule has 0 fully saturated rings. The number of nitrogens with one attached hydrogen (secondary N) is 1. The summed E-state index contributed by atoms with van der Waals surface area (Å²) in [6.45, 7) is 6.68. The van der Waals surface area contributed by atoms with Crippen molar-refractivity contribution in [3.8, 4) is 0 Å². The van der Waals surface area contributed by atoms with Crippen molar-refractivity contribution in [1.29, 1.82) is 0 Å². The first-order valence-corrected chi connectivity index (χ1v) is 8.70. The van der Waals surface area contributed by atoms with Gasteiger partial charge in [0.2, 0.25) is 0 Å². The van der Waals surface area contributed by atoms with Gasteiger partial charge in [0.15, 0.2) is 0 Å². The van der Waals surface area contributed by atoms with Crippen molar-refractivity contribution < 1.29 is 0 Å². The van der Waals surface area contributed by atoms with Crippen LogP contribution in [0.3, 0.4) is 0 Å². The first-order valence-electron chi connectivity index (χ1n) is 7.88. The molecular weight excluding hydrogens is 254 g/mol. The summed E-state index contributed by atoms with van der Waals surface area (Å²) >= 11 is 1.81. The molecule has 3 nitrogen and oxygen atoms in total. The summed E-state index contributed by atoms with van der Waals surface area (Å²) in [4.78, 5) is 0. The number of rotatable bonds is 12. The Balaban J connectivity index is 2.07. The fourth-order valence-electron chi connectivity index (χ4n) is 2.04. The van der Waals surface area contributed by atoms with E-state index in [1.165, 1.54) is 55.0 Å². The fraction of sp³-hybridized carbons (Fsp3) is 0.867. The average molecular weight is 283 g/mol. The largest absolute Gasteiger partial charge is 0.317 e. The number of aromatic nitrogens is 2. The van der Waals surface area contributed by atoms with E-state index in [4.69, 9.17) is 0 Å². The molecule has 0 spiro atoms. The lowest BCUT2D eigenvalue weighted by Gasteiger charge is -2.00. The minimum Gasteiger partial charge on any atom is -0.317 e. The number of unbranched alkanes of at least 4 members (excludes halogenated alkanes) is 4. The highest BCUT2D eigenvalue weighted by atomic mass is 32.1. The van der Waals surface area contributed by atoms with Crippen molar-refractivity contribution in [1.82, 2.24) is 15.5 Å². The van der Waals surface area contributed by atoms with E-state index in [9.17, 15) is 0 Å². The number of hydrogen-bond acceptors (Lipinski definition) is 4. The van der Waals surface area contributed by atoms with Crippen LogP contribution in [0.1, 0.15) is 68.8 Å². The Morgan fingerprint density at radius 2 is 1.47 bits per heavy atom. The third-order valence-electron chi connectivity index (χ3n) is 3.17. The first-order chi connectivity index (χ1) is 9.36. The molecule has 0 saturated heterocycles. The maximum atomic E-state index is 4.30. The summed E-state index contributed by atoms with van der Waals surface area (Å²) in [5.74, 6) is 0. The van der Waals surface area contributed by atoms with Crippen LogP contribution in [-0.4, -0.2) is 23.3 Å². The molecule has 110 valence electrons. The molecule has 0 aliphatic heterocycles. The van der Waals surface area contributed by atoms with E-state index in [0.717, 1.165) is 25.9 Å². The normalized spacial score (nSPS) is 11.1. The van der Waals surface area contributed by atoms with Crippen LogP contribution in [0.5, 0.6) is 0 Å². The van der Waals surface area contributed by atoms with E-state index < -0.39 is 0 Å². The second-order valence-electron chi connectivity index (χ2n) is 5.11. The predicted molar refractivity (Wildman–Crippen MR) is 83.9 cm³/mol. The standard InChI is InChI=1S/C15H29N3S/c1-3-5-6-7-8-10-14-17-18-15(19-14)11-9-13-16-12-4-2/h16H,3-13H2,1-2H3. The second-order valence-corrected chi connectivity index (χ2v) is 6.25. The molecule has 1 aromatic heterocycles. The van der Waals surface area contributed by atoms with Gasteiger partial charge in [-0.2, -0.15) is 0 Å². The molecule has 0 bridgehead atoms. The van der Waals surface area contributed by atoms with Crippen molar-refractivity contribution in [2.24, 2.45) is 0 Å². The van der Waals surface area contributed by atoms with Crippen LogP contribution in [0.2, 0.25) is 0 Å². The van der Waals surface area contributed by atoms with Gasteiger partial charge in [-0.05, 0) is 32.4 Å². The molecule has 1 aromatic rings. The molecule has 0 radical (unpaired) electrons. The van der Waals surface area contributed by atoms with Gasteiger partial charge in [0, 0.05) is 12.8 Å². The fourth-order valence-corrected chi connectivity index (χ4v) is 2.96. The van der Waals surface area contributed by atoms with Crippen molar-refractivity contribution >= 4 is 11.3 Å². The summed E-state index contributed by atoms with van der Waals surface area (Å²) in [7, 11) is 0. The Hall–Kier alpha value is -0.480. The lowest BCUT2D eigenvalue weighted by atomic mass is 10.1. The van der Waals surface area contributed by atoms with Gasteiger partial charge in [0.1, 0.15) is 10.0 Å². The SMILES string of the molecule is CCCCCCCc1nnc(CCCNCCC)s1.